The normalized spacial score (nSPS) is 16.6. The van der Waals surface area contributed by atoms with Gasteiger partial charge in [0.25, 0.3) is 5.91 Å². The van der Waals surface area contributed by atoms with Crippen LogP contribution in [0.5, 0.6) is 5.75 Å². The maximum absolute atomic E-state index is 13.0. The largest absolute Gasteiger partial charge is 0.484 e. The quantitative estimate of drug-likeness (QED) is 0.552. The highest BCUT2D eigenvalue weighted by atomic mass is 79.9. The summed E-state index contributed by atoms with van der Waals surface area (Å²) in [6, 6.07) is 15.3. The molecule has 1 aliphatic rings. The minimum atomic E-state index is -0.118. The number of ether oxygens (including phenoxy) is 2. The number of para-hydroxylation sites is 1. The third-order valence-electron chi connectivity index (χ3n) is 4.40. The fourth-order valence-electron chi connectivity index (χ4n) is 3.01. The van der Waals surface area contributed by atoms with Gasteiger partial charge in [0.05, 0.1) is 22.9 Å². The molecule has 7 heteroatoms. The first kappa shape index (κ1) is 18.4. The van der Waals surface area contributed by atoms with E-state index in [4.69, 9.17) is 9.47 Å². The lowest BCUT2D eigenvalue weighted by Crippen LogP contribution is -2.40. The van der Waals surface area contributed by atoms with Crippen molar-refractivity contribution in [2.45, 2.75) is 18.9 Å². The Kier molecular flexibility index (Phi) is 5.71. The van der Waals surface area contributed by atoms with Gasteiger partial charge in [0.1, 0.15) is 5.75 Å². The molecular formula is C20H19BrN2O3S. The van der Waals surface area contributed by atoms with Crippen LogP contribution in [0.15, 0.2) is 53.0 Å². The average Bonchev–Trinajstić information content (AvgIpc) is 3.34. The van der Waals surface area contributed by atoms with E-state index < -0.39 is 0 Å². The van der Waals surface area contributed by atoms with Gasteiger partial charge in [-0.1, -0.05) is 39.4 Å². The van der Waals surface area contributed by atoms with Crippen molar-refractivity contribution in [3.63, 3.8) is 0 Å². The molecule has 1 unspecified atom stereocenters. The Bertz CT molecular complexity index is 889. The number of nitrogens with zero attached hydrogens (tertiary/aromatic N) is 2. The molecule has 27 heavy (non-hydrogen) atoms. The Balaban J connectivity index is 1.52. The van der Waals surface area contributed by atoms with Crippen LogP contribution in [0.2, 0.25) is 0 Å². The molecule has 140 valence electrons. The Morgan fingerprint density at radius 3 is 2.81 bits per heavy atom. The van der Waals surface area contributed by atoms with Crippen LogP contribution in [0.4, 0.5) is 5.13 Å². The molecule has 1 atom stereocenters. The maximum Gasteiger partial charge on any atom is 0.266 e. The monoisotopic (exact) mass is 446 g/mol. The first-order valence-corrected chi connectivity index (χ1v) is 10.5. The van der Waals surface area contributed by atoms with E-state index in [1.54, 1.807) is 4.90 Å². The first-order valence-electron chi connectivity index (χ1n) is 8.85. The van der Waals surface area contributed by atoms with E-state index in [0.717, 1.165) is 34.1 Å². The third-order valence-corrected chi connectivity index (χ3v) is 5.99. The minimum absolute atomic E-state index is 0.0374. The standard InChI is InChI=1S/C20H19BrN2O3S/c21-14-7-9-15(10-8-14)26-13-19(24)23(12-16-4-3-11-25-16)20-22-17-5-1-2-6-18(17)27-20/h1-2,5-10,16H,3-4,11-13H2. The summed E-state index contributed by atoms with van der Waals surface area (Å²) in [5.74, 6) is 0.542. The topological polar surface area (TPSA) is 51.7 Å². The molecule has 1 saturated heterocycles. The van der Waals surface area contributed by atoms with E-state index in [9.17, 15) is 4.79 Å². The van der Waals surface area contributed by atoms with Crippen LogP contribution in [0, 0.1) is 0 Å². The lowest BCUT2D eigenvalue weighted by atomic mass is 10.2. The third kappa shape index (κ3) is 4.48. The Morgan fingerprint density at radius 2 is 2.07 bits per heavy atom. The molecule has 3 aromatic rings. The number of fused-ring (bicyclic) bond motifs is 1. The summed E-state index contributed by atoms with van der Waals surface area (Å²) >= 11 is 4.91. The zero-order valence-electron chi connectivity index (χ0n) is 14.6. The minimum Gasteiger partial charge on any atom is -0.484 e. The Labute approximate surface area is 170 Å². The van der Waals surface area contributed by atoms with Gasteiger partial charge < -0.3 is 9.47 Å². The van der Waals surface area contributed by atoms with Crippen molar-refractivity contribution in [2.75, 3.05) is 24.7 Å². The summed E-state index contributed by atoms with van der Waals surface area (Å²) in [5, 5.41) is 0.691. The van der Waals surface area contributed by atoms with Crippen molar-refractivity contribution >= 4 is 48.5 Å². The van der Waals surface area contributed by atoms with E-state index in [1.807, 2.05) is 48.5 Å². The fraction of sp³-hybridized carbons (Fsp3) is 0.300. The number of halogens is 1. The number of hydrogen-bond acceptors (Lipinski definition) is 5. The van der Waals surface area contributed by atoms with Gasteiger partial charge in [-0.05, 0) is 49.2 Å². The molecule has 2 heterocycles. The number of amides is 1. The van der Waals surface area contributed by atoms with Gasteiger partial charge in [0, 0.05) is 11.1 Å². The zero-order chi connectivity index (χ0) is 18.6. The summed E-state index contributed by atoms with van der Waals surface area (Å²) in [6.07, 6.45) is 2.04. The van der Waals surface area contributed by atoms with Crippen molar-refractivity contribution in [3.8, 4) is 5.75 Å². The van der Waals surface area contributed by atoms with Crippen molar-refractivity contribution in [2.24, 2.45) is 0 Å². The Hall–Kier alpha value is -1.96. The van der Waals surface area contributed by atoms with Crippen molar-refractivity contribution < 1.29 is 14.3 Å². The number of carbonyl (C=O) groups excluding carboxylic acids is 1. The second-order valence-corrected chi connectivity index (χ2v) is 8.27. The zero-order valence-corrected chi connectivity index (χ0v) is 17.0. The van der Waals surface area contributed by atoms with Gasteiger partial charge in [0.15, 0.2) is 11.7 Å². The highest BCUT2D eigenvalue weighted by Crippen LogP contribution is 2.30. The molecule has 5 nitrogen and oxygen atoms in total. The van der Waals surface area contributed by atoms with Crippen molar-refractivity contribution in [1.82, 2.24) is 4.98 Å². The predicted octanol–water partition coefficient (Wildman–Crippen LogP) is 4.65. The molecule has 0 spiro atoms. The second-order valence-electron chi connectivity index (χ2n) is 6.35. The lowest BCUT2D eigenvalue weighted by molar-refractivity contribution is -0.120. The molecule has 2 aromatic carbocycles. The molecule has 0 N–H and O–H groups in total. The van der Waals surface area contributed by atoms with Crippen LogP contribution >= 0.6 is 27.3 Å². The smallest absolute Gasteiger partial charge is 0.266 e. The highest BCUT2D eigenvalue weighted by molar-refractivity contribution is 9.10. The van der Waals surface area contributed by atoms with E-state index in [-0.39, 0.29) is 18.6 Å². The van der Waals surface area contributed by atoms with Crippen LogP contribution in [0.3, 0.4) is 0 Å². The van der Waals surface area contributed by atoms with Crippen LogP contribution in [0.25, 0.3) is 10.2 Å². The average molecular weight is 447 g/mol. The lowest BCUT2D eigenvalue weighted by Gasteiger charge is -2.23. The van der Waals surface area contributed by atoms with Crippen molar-refractivity contribution in [3.05, 3.63) is 53.0 Å². The summed E-state index contributed by atoms with van der Waals surface area (Å²) in [5.41, 5.74) is 0.900. The van der Waals surface area contributed by atoms with Crippen LogP contribution < -0.4 is 9.64 Å². The molecule has 1 fully saturated rings. The van der Waals surface area contributed by atoms with Gasteiger partial charge in [-0.3, -0.25) is 9.69 Å². The predicted molar refractivity (Wildman–Crippen MR) is 111 cm³/mol. The molecule has 0 aliphatic carbocycles. The Morgan fingerprint density at radius 1 is 1.26 bits per heavy atom. The number of hydrogen-bond donors (Lipinski definition) is 0. The number of aromatic nitrogens is 1. The fourth-order valence-corrected chi connectivity index (χ4v) is 4.26. The molecule has 0 radical (unpaired) electrons. The summed E-state index contributed by atoms with van der Waals surface area (Å²) < 4.78 is 13.5. The first-order chi connectivity index (χ1) is 13.2. The van der Waals surface area contributed by atoms with Gasteiger partial charge in [-0.25, -0.2) is 4.98 Å². The second kappa shape index (κ2) is 8.37. The van der Waals surface area contributed by atoms with Crippen molar-refractivity contribution in [1.29, 1.82) is 0 Å². The van der Waals surface area contributed by atoms with Gasteiger partial charge >= 0.3 is 0 Å². The molecule has 1 aromatic heterocycles. The van der Waals surface area contributed by atoms with E-state index >= 15 is 0 Å². The van der Waals surface area contributed by atoms with E-state index in [1.165, 1.54) is 11.3 Å². The maximum atomic E-state index is 13.0. The molecule has 0 bridgehead atoms. The van der Waals surface area contributed by atoms with Gasteiger partial charge in [0.2, 0.25) is 0 Å². The molecule has 1 amide bonds. The number of thiazole rings is 1. The van der Waals surface area contributed by atoms with Crippen LogP contribution in [-0.2, 0) is 9.53 Å². The van der Waals surface area contributed by atoms with Crippen LogP contribution in [0.1, 0.15) is 12.8 Å². The van der Waals surface area contributed by atoms with Gasteiger partial charge in [-0.2, -0.15) is 0 Å². The summed E-state index contributed by atoms with van der Waals surface area (Å²) in [7, 11) is 0. The number of carbonyl (C=O) groups is 1. The molecule has 1 aliphatic heterocycles. The highest BCUT2D eigenvalue weighted by Gasteiger charge is 2.26. The van der Waals surface area contributed by atoms with E-state index in [0.29, 0.717) is 17.4 Å². The van der Waals surface area contributed by atoms with E-state index in [2.05, 4.69) is 20.9 Å². The van der Waals surface area contributed by atoms with Crippen LogP contribution in [-0.4, -0.2) is 36.8 Å². The number of anilines is 1. The number of benzene rings is 2. The number of rotatable bonds is 6. The SMILES string of the molecule is O=C(COc1ccc(Br)cc1)N(CC1CCCO1)c1nc2ccccc2s1. The van der Waals surface area contributed by atoms with Gasteiger partial charge in [-0.15, -0.1) is 0 Å². The summed E-state index contributed by atoms with van der Waals surface area (Å²) in [4.78, 5) is 19.3. The molecule has 4 rings (SSSR count). The summed E-state index contributed by atoms with van der Waals surface area (Å²) in [6.45, 7) is 1.22. The molecule has 0 saturated carbocycles. The molecular weight excluding hydrogens is 428 g/mol.